The predicted octanol–water partition coefficient (Wildman–Crippen LogP) is 4.20. The summed E-state index contributed by atoms with van der Waals surface area (Å²) in [6.45, 7) is 3.87. The molecule has 1 saturated heterocycles. The monoisotopic (exact) mass is 528 g/mol. The first-order valence-electron chi connectivity index (χ1n) is 9.76. The third-order valence-electron chi connectivity index (χ3n) is 5.11. The Hall–Kier alpha value is -1.67. The van der Waals surface area contributed by atoms with Gasteiger partial charge in [-0.1, -0.05) is 29.8 Å². The number of rotatable bonds is 7. The summed E-state index contributed by atoms with van der Waals surface area (Å²) < 4.78 is 5.34. The van der Waals surface area contributed by atoms with Crippen molar-refractivity contribution in [2.45, 2.75) is 12.8 Å². The van der Waals surface area contributed by atoms with Crippen LogP contribution in [0.15, 0.2) is 53.5 Å². The molecule has 1 aliphatic rings. The Morgan fingerprint density at radius 3 is 2.72 bits per heavy atom. The van der Waals surface area contributed by atoms with Crippen LogP contribution in [-0.2, 0) is 6.42 Å². The van der Waals surface area contributed by atoms with E-state index in [4.69, 9.17) is 16.3 Å². The van der Waals surface area contributed by atoms with E-state index in [-0.39, 0.29) is 24.0 Å². The van der Waals surface area contributed by atoms with Gasteiger partial charge >= 0.3 is 0 Å². The van der Waals surface area contributed by atoms with Crippen LogP contribution < -0.4 is 20.3 Å². The summed E-state index contributed by atoms with van der Waals surface area (Å²) in [6, 6.07) is 16.3. The Labute approximate surface area is 195 Å². The standard InChI is InChI=1S/C22H29ClN4O.HI/c1-24-22(25-12-10-17-6-8-19(23)9-7-17)26-15-18-11-13-27(16-18)20-4-3-5-21(14-20)28-2;/h3-9,14,18H,10-13,15-16H2,1-2H3,(H2,24,25,26);1H. The van der Waals surface area contributed by atoms with Gasteiger partial charge in [0.1, 0.15) is 5.75 Å². The van der Waals surface area contributed by atoms with Gasteiger partial charge in [-0.05, 0) is 48.6 Å². The Morgan fingerprint density at radius 1 is 1.21 bits per heavy atom. The average molecular weight is 529 g/mol. The van der Waals surface area contributed by atoms with Gasteiger partial charge in [0.05, 0.1) is 7.11 Å². The van der Waals surface area contributed by atoms with Crippen LogP contribution in [0.4, 0.5) is 5.69 Å². The lowest BCUT2D eigenvalue weighted by atomic mass is 10.1. The molecule has 29 heavy (non-hydrogen) atoms. The fourth-order valence-electron chi connectivity index (χ4n) is 3.48. The largest absolute Gasteiger partial charge is 0.497 e. The summed E-state index contributed by atoms with van der Waals surface area (Å²) >= 11 is 5.93. The van der Waals surface area contributed by atoms with Crippen LogP contribution in [-0.4, -0.2) is 46.3 Å². The quantitative estimate of drug-likeness (QED) is 0.321. The molecule has 5 nitrogen and oxygen atoms in total. The highest BCUT2D eigenvalue weighted by Crippen LogP contribution is 2.26. The molecular weight excluding hydrogens is 499 g/mol. The first kappa shape index (κ1) is 23.6. The molecule has 1 fully saturated rings. The topological polar surface area (TPSA) is 48.9 Å². The van der Waals surface area contributed by atoms with Gasteiger partial charge in [-0.3, -0.25) is 4.99 Å². The molecular formula is C22H30ClIN4O. The maximum atomic E-state index is 5.93. The minimum atomic E-state index is 0. The van der Waals surface area contributed by atoms with Crippen LogP contribution in [0, 0.1) is 5.92 Å². The number of methoxy groups -OCH3 is 1. The summed E-state index contributed by atoms with van der Waals surface area (Å²) in [5, 5.41) is 7.63. The third-order valence-corrected chi connectivity index (χ3v) is 5.36. The molecule has 1 unspecified atom stereocenters. The van der Waals surface area contributed by atoms with E-state index in [0.717, 1.165) is 49.3 Å². The van der Waals surface area contributed by atoms with Crippen LogP contribution >= 0.6 is 35.6 Å². The van der Waals surface area contributed by atoms with Crippen molar-refractivity contribution in [1.82, 2.24) is 10.6 Å². The number of hydrogen-bond donors (Lipinski definition) is 2. The lowest BCUT2D eigenvalue weighted by Gasteiger charge is -2.20. The van der Waals surface area contributed by atoms with Crippen molar-refractivity contribution in [3.63, 3.8) is 0 Å². The number of benzene rings is 2. The molecule has 0 radical (unpaired) electrons. The van der Waals surface area contributed by atoms with Gasteiger partial charge in [-0.2, -0.15) is 0 Å². The van der Waals surface area contributed by atoms with E-state index < -0.39 is 0 Å². The van der Waals surface area contributed by atoms with Crippen LogP contribution in [0.5, 0.6) is 5.75 Å². The van der Waals surface area contributed by atoms with Gasteiger partial charge in [0.15, 0.2) is 5.96 Å². The highest BCUT2D eigenvalue weighted by molar-refractivity contribution is 14.0. The smallest absolute Gasteiger partial charge is 0.190 e. The van der Waals surface area contributed by atoms with Crippen LogP contribution in [0.1, 0.15) is 12.0 Å². The van der Waals surface area contributed by atoms with E-state index in [1.807, 2.05) is 31.3 Å². The first-order valence-corrected chi connectivity index (χ1v) is 10.1. The molecule has 3 rings (SSSR count). The zero-order valence-corrected chi connectivity index (χ0v) is 20.1. The van der Waals surface area contributed by atoms with Crippen molar-refractivity contribution in [3.8, 4) is 5.75 Å². The zero-order chi connectivity index (χ0) is 19.8. The second kappa shape index (κ2) is 12.1. The highest BCUT2D eigenvalue weighted by atomic mass is 127. The third kappa shape index (κ3) is 7.26. The van der Waals surface area contributed by atoms with Gasteiger partial charge in [-0.15, -0.1) is 24.0 Å². The molecule has 1 aliphatic heterocycles. The normalized spacial score (nSPS) is 16.3. The summed E-state index contributed by atoms with van der Waals surface area (Å²) in [6.07, 6.45) is 2.11. The molecule has 0 bridgehead atoms. The number of nitrogens with zero attached hydrogens (tertiary/aromatic N) is 2. The molecule has 0 aliphatic carbocycles. The summed E-state index contributed by atoms with van der Waals surface area (Å²) in [5.74, 6) is 2.36. The van der Waals surface area contributed by atoms with Gasteiger partial charge in [0, 0.05) is 50.0 Å². The summed E-state index contributed by atoms with van der Waals surface area (Å²) in [5.41, 5.74) is 2.49. The Morgan fingerprint density at radius 2 is 2.00 bits per heavy atom. The Balaban J connectivity index is 0.00000300. The van der Waals surface area contributed by atoms with Crippen LogP contribution in [0.25, 0.3) is 0 Å². The molecule has 7 heteroatoms. The lowest BCUT2D eigenvalue weighted by molar-refractivity contribution is 0.415. The second-order valence-electron chi connectivity index (χ2n) is 7.06. The Bertz CT molecular complexity index is 785. The number of aliphatic imine (C=N–C) groups is 1. The summed E-state index contributed by atoms with van der Waals surface area (Å²) in [4.78, 5) is 6.76. The van der Waals surface area contributed by atoms with Gasteiger partial charge in [-0.25, -0.2) is 0 Å². The van der Waals surface area contributed by atoms with E-state index in [2.05, 4.69) is 44.8 Å². The highest BCUT2D eigenvalue weighted by Gasteiger charge is 2.23. The fourth-order valence-corrected chi connectivity index (χ4v) is 3.60. The first-order chi connectivity index (χ1) is 13.7. The number of nitrogens with one attached hydrogen (secondary N) is 2. The van der Waals surface area contributed by atoms with E-state index in [0.29, 0.717) is 5.92 Å². The number of ether oxygens (including phenoxy) is 1. The average Bonchev–Trinajstić information content (AvgIpc) is 3.21. The number of guanidine groups is 1. The summed E-state index contributed by atoms with van der Waals surface area (Å²) in [7, 11) is 3.52. The van der Waals surface area contributed by atoms with E-state index in [1.165, 1.54) is 17.7 Å². The molecule has 0 saturated carbocycles. The van der Waals surface area contributed by atoms with Crippen molar-refractivity contribution in [1.29, 1.82) is 0 Å². The maximum absolute atomic E-state index is 5.93. The van der Waals surface area contributed by atoms with Gasteiger partial charge < -0.3 is 20.3 Å². The zero-order valence-electron chi connectivity index (χ0n) is 17.0. The van der Waals surface area contributed by atoms with Crippen LogP contribution in [0.2, 0.25) is 5.02 Å². The van der Waals surface area contributed by atoms with Gasteiger partial charge in [0.25, 0.3) is 0 Å². The molecule has 1 atom stereocenters. The van der Waals surface area contributed by atoms with E-state index in [9.17, 15) is 0 Å². The molecule has 2 aromatic carbocycles. The molecule has 2 aromatic rings. The fraction of sp³-hybridized carbons (Fsp3) is 0.409. The van der Waals surface area contributed by atoms with Crippen molar-refractivity contribution in [3.05, 3.63) is 59.1 Å². The van der Waals surface area contributed by atoms with E-state index >= 15 is 0 Å². The van der Waals surface area contributed by atoms with Crippen molar-refractivity contribution < 1.29 is 4.74 Å². The minimum Gasteiger partial charge on any atom is -0.497 e. The van der Waals surface area contributed by atoms with Gasteiger partial charge in [0.2, 0.25) is 0 Å². The van der Waals surface area contributed by atoms with Crippen molar-refractivity contribution in [2.24, 2.45) is 10.9 Å². The number of anilines is 1. The van der Waals surface area contributed by atoms with Crippen LogP contribution in [0.3, 0.4) is 0 Å². The molecule has 2 N–H and O–H groups in total. The predicted molar refractivity (Wildman–Crippen MR) is 133 cm³/mol. The molecule has 0 spiro atoms. The van der Waals surface area contributed by atoms with Crippen molar-refractivity contribution >= 4 is 47.2 Å². The molecule has 0 amide bonds. The molecule has 158 valence electrons. The molecule has 0 aromatic heterocycles. The number of halogens is 2. The second-order valence-corrected chi connectivity index (χ2v) is 7.49. The lowest BCUT2D eigenvalue weighted by Crippen LogP contribution is -2.41. The Kier molecular flexibility index (Phi) is 9.87. The van der Waals surface area contributed by atoms with Crippen molar-refractivity contribution in [2.75, 3.05) is 45.2 Å². The SMILES string of the molecule is CN=C(NCCc1ccc(Cl)cc1)NCC1CCN(c2cccc(OC)c2)C1.I. The van der Waals surface area contributed by atoms with E-state index in [1.54, 1.807) is 7.11 Å². The number of hydrogen-bond acceptors (Lipinski definition) is 3. The maximum Gasteiger partial charge on any atom is 0.190 e. The molecule has 1 heterocycles. The minimum absolute atomic E-state index is 0.